The zero-order chi connectivity index (χ0) is 26.3. The molecule has 0 bridgehead atoms. The van der Waals surface area contributed by atoms with Crippen molar-refractivity contribution in [3.8, 4) is 0 Å². The standard InChI is InChI=1S/C30H50O6/c1-5-6-7-8-24-9-11-26(12-10-24)19-34-28-15-13-25(14-16-28)17-27(20-35-29(32)22(2)3)21-36-30(33)23(4)18-31/h24-28,31H,2,4-21H2,1,3H3. The van der Waals surface area contributed by atoms with E-state index < -0.39 is 18.5 Å². The van der Waals surface area contributed by atoms with E-state index in [1.54, 1.807) is 6.92 Å². The van der Waals surface area contributed by atoms with E-state index in [0.717, 1.165) is 50.5 Å². The molecule has 0 aromatic carbocycles. The van der Waals surface area contributed by atoms with Crippen LogP contribution in [0.2, 0.25) is 0 Å². The Morgan fingerprint density at radius 3 is 2.03 bits per heavy atom. The molecule has 6 heteroatoms. The second-order valence-electron chi connectivity index (χ2n) is 11.2. The van der Waals surface area contributed by atoms with Crippen molar-refractivity contribution in [2.75, 3.05) is 26.4 Å². The third kappa shape index (κ3) is 11.6. The van der Waals surface area contributed by atoms with Crippen LogP contribution in [-0.4, -0.2) is 49.6 Å². The number of unbranched alkanes of at least 4 members (excludes halogenated alkanes) is 2. The van der Waals surface area contributed by atoms with Gasteiger partial charge < -0.3 is 19.3 Å². The predicted octanol–water partition coefficient (Wildman–Crippen LogP) is 6.17. The van der Waals surface area contributed by atoms with Gasteiger partial charge in [-0.3, -0.25) is 0 Å². The van der Waals surface area contributed by atoms with E-state index in [4.69, 9.17) is 19.3 Å². The molecule has 1 N–H and O–H groups in total. The molecule has 0 saturated heterocycles. The van der Waals surface area contributed by atoms with Crippen molar-refractivity contribution in [1.82, 2.24) is 0 Å². The highest BCUT2D eigenvalue weighted by Gasteiger charge is 2.27. The molecule has 1 unspecified atom stereocenters. The molecule has 0 amide bonds. The highest BCUT2D eigenvalue weighted by molar-refractivity contribution is 5.88. The lowest BCUT2D eigenvalue weighted by atomic mass is 9.80. The van der Waals surface area contributed by atoms with Gasteiger partial charge >= 0.3 is 11.9 Å². The van der Waals surface area contributed by atoms with Crippen molar-refractivity contribution in [2.45, 2.75) is 103 Å². The molecule has 2 saturated carbocycles. The van der Waals surface area contributed by atoms with Crippen LogP contribution < -0.4 is 0 Å². The normalized spacial score (nSPS) is 25.1. The third-order valence-electron chi connectivity index (χ3n) is 7.94. The fourth-order valence-corrected chi connectivity index (χ4v) is 5.51. The van der Waals surface area contributed by atoms with Crippen LogP contribution in [-0.2, 0) is 23.8 Å². The molecule has 0 spiro atoms. The topological polar surface area (TPSA) is 82.1 Å². The average Bonchev–Trinajstić information content (AvgIpc) is 2.89. The monoisotopic (exact) mass is 506 g/mol. The number of aliphatic hydroxyl groups excluding tert-OH is 1. The molecule has 36 heavy (non-hydrogen) atoms. The fourth-order valence-electron chi connectivity index (χ4n) is 5.51. The first-order valence-electron chi connectivity index (χ1n) is 14.2. The summed E-state index contributed by atoms with van der Waals surface area (Å²) in [5, 5.41) is 9.08. The number of hydrogen-bond donors (Lipinski definition) is 1. The van der Waals surface area contributed by atoms with E-state index in [9.17, 15) is 9.59 Å². The van der Waals surface area contributed by atoms with Gasteiger partial charge in [0.1, 0.15) is 0 Å². The van der Waals surface area contributed by atoms with Gasteiger partial charge in [0.25, 0.3) is 0 Å². The van der Waals surface area contributed by atoms with Gasteiger partial charge in [-0.15, -0.1) is 0 Å². The summed E-state index contributed by atoms with van der Waals surface area (Å²) in [6.45, 7) is 11.8. The summed E-state index contributed by atoms with van der Waals surface area (Å²) in [6, 6.07) is 0. The lowest BCUT2D eigenvalue weighted by molar-refractivity contribution is -0.145. The third-order valence-corrected chi connectivity index (χ3v) is 7.94. The zero-order valence-electron chi connectivity index (χ0n) is 22.8. The van der Waals surface area contributed by atoms with Crippen LogP contribution in [0.15, 0.2) is 24.3 Å². The van der Waals surface area contributed by atoms with Crippen molar-refractivity contribution in [1.29, 1.82) is 0 Å². The van der Waals surface area contributed by atoms with Crippen LogP contribution in [0, 0.1) is 23.7 Å². The zero-order valence-corrected chi connectivity index (χ0v) is 22.8. The minimum Gasteiger partial charge on any atom is -0.462 e. The van der Waals surface area contributed by atoms with Crippen LogP contribution in [0.25, 0.3) is 0 Å². The molecule has 0 radical (unpaired) electrons. The molecule has 2 fully saturated rings. The van der Waals surface area contributed by atoms with Crippen LogP contribution >= 0.6 is 0 Å². The Labute approximate surface area is 218 Å². The minimum absolute atomic E-state index is 0.0234. The summed E-state index contributed by atoms with van der Waals surface area (Å²) < 4.78 is 17.0. The summed E-state index contributed by atoms with van der Waals surface area (Å²) in [5.74, 6) is 1.00. The average molecular weight is 507 g/mol. The summed E-state index contributed by atoms with van der Waals surface area (Å²) in [6.07, 6.45) is 16.3. The molecule has 2 aliphatic rings. The first-order chi connectivity index (χ1) is 17.3. The fraction of sp³-hybridized carbons (Fsp3) is 0.800. The molecule has 206 valence electrons. The van der Waals surface area contributed by atoms with Crippen molar-refractivity contribution < 1.29 is 28.9 Å². The van der Waals surface area contributed by atoms with E-state index in [0.29, 0.717) is 17.6 Å². The molecule has 2 aliphatic carbocycles. The largest absolute Gasteiger partial charge is 0.462 e. The molecule has 0 aromatic rings. The molecule has 0 aliphatic heterocycles. The van der Waals surface area contributed by atoms with Gasteiger partial charge in [0.05, 0.1) is 31.5 Å². The molecule has 1 atom stereocenters. The smallest absolute Gasteiger partial charge is 0.335 e. The predicted molar refractivity (Wildman–Crippen MR) is 142 cm³/mol. The maximum Gasteiger partial charge on any atom is 0.335 e. The van der Waals surface area contributed by atoms with Gasteiger partial charge in [0, 0.05) is 18.1 Å². The van der Waals surface area contributed by atoms with Gasteiger partial charge in [-0.2, -0.15) is 0 Å². The van der Waals surface area contributed by atoms with Gasteiger partial charge in [-0.25, -0.2) is 9.59 Å². The first-order valence-corrected chi connectivity index (χ1v) is 14.2. The highest BCUT2D eigenvalue weighted by Crippen LogP contribution is 2.35. The summed E-state index contributed by atoms with van der Waals surface area (Å²) >= 11 is 0. The molecule has 0 heterocycles. The van der Waals surface area contributed by atoms with Gasteiger partial charge in [0.2, 0.25) is 0 Å². The molecule has 6 nitrogen and oxygen atoms in total. The Kier molecular flexibility index (Phi) is 14.4. The number of rotatable bonds is 16. The van der Waals surface area contributed by atoms with E-state index in [1.807, 2.05) is 0 Å². The Hall–Kier alpha value is -1.66. The lowest BCUT2D eigenvalue weighted by Gasteiger charge is -2.33. The van der Waals surface area contributed by atoms with Crippen molar-refractivity contribution in [3.05, 3.63) is 24.3 Å². The van der Waals surface area contributed by atoms with Crippen molar-refractivity contribution >= 4 is 11.9 Å². The lowest BCUT2D eigenvalue weighted by Crippen LogP contribution is -2.29. The molecular weight excluding hydrogens is 456 g/mol. The SMILES string of the molecule is C=C(C)C(=O)OCC(COC(=O)C(=C)CO)CC1CCC(OCC2CCC(CCCCC)CC2)CC1. The Bertz CT molecular complexity index is 686. The Morgan fingerprint density at radius 2 is 1.44 bits per heavy atom. The van der Waals surface area contributed by atoms with Crippen molar-refractivity contribution in [2.24, 2.45) is 23.7 Å². The molecule has 2 rings (SSSR count). The first kappa shape index (κ1) is 30.6. The number of ether oxygens (including phenoxy) is 3. The quantitative estimate of drug-likeness (QED) is 0.153. The summed E-state index contributed by atoms with van der Waals surface area (Å²) in [4.78, 5) is 23.8. The van der Waals surface area contributed by atoms with Crippen LogP contribution in [0.1, 0.15) is 97.3 Å². The number of esters is 2. The van der Waals surface area contributed by atoms with E-state index >= 15 is 0 Å². The van der Waals surface area contributed by atoms with Gasteiger partial charge in [0.15, 0.2) is 0 Å². The van der Waals surface area contributed by atoms with E-state index in [1.165, 1.54) is 51.4 Å². The van der Waals surface area contributed by atoms with Crippen LogP contribution in [0.5, 0.6) is 0 Å². The molecular formula is C30H50O6. The van der Waals surface area contributed by atoms with Gasteiger partial charge in [-0.1, -0.05) is 58.6 Å². The highest BCUT2D eigenvalue weighted by atomic mass is 16.5. The van der Waals surface area contributed by atoms with E-state index in [2.05, 4.69) is 20.1 Å². The van der Waals surface area contributed by atoms with Crippen LogP contribution in [0.3, 0.4) is 0 Å². The second kappa shape index (κ2) is 17.0. The van der Waals surface area contributed by atoms with Gasteiger partial charge in [-0.05, 0) is 69.6 Å². The Balaban J connectivity index is 1.70. The second-order valence-corrected chi connectivity index (χ2v) is 11.2. The summed E-state index contributed by atoms with van der Waals surface area (Å²) in [7, 11) is 0. The number of carbonyl (C=O) groups is 2. The van der Waals surface area contributed by atoms with Crippen LogP contribution in [0.4, 0.5) is 0 Å². The minimum atomic E-state index is -0.610. The van der Waals surface area contributed by atoms with Crippen molar-refractivity contribution in [3.63, 3.8) is 0 Å². The maximum absolute atomic E-state index is 11.9. The number of aliphatic hydroxyl groups is 1. The van der Waals surface area contributed by atoms with E-state index in [-0.39, 0.29) is 24.7 Å². The maximum atomic E-state index is 11.9. The number of hydrogen-bond acceptors (Lipinski definition) is 6. The molecule has 0 aromatic heterocycles. The number of carbonyl (C=O) groups excluding carboxylic acids is 2. The Morgan fingerprint density at radius 1 is 0.861 bits per heavy atom. The summed E-state index contributed by atoms with van der Waals surface area (Å²) in [5.41, 5.74) is 0.373.